The fraction of sp³-hybridized carbons (Fsp3) is 0.167. The van der Waals surface area contributed by atoms with Gasteiger partial charge in [-0.05, 0) is 37.8 Å². The van der Waals surface area contributed by atoms with Crippen LogP contribution in [0.5, 0.6) is 0 Å². The summed E-state index contributed by atoms with van der Waals surface area (Å²) in [5.41, 5.74) is 3.94. The molecule has 0 aliphatic rings. The van der Waals surface area contributed by atoms with E-state index in [9.17, 15) is 0 Å². The van der Waals surface area contributed by atoms with Gasteiger partial charge in [-0.15, -0.1) is 0 Å². The summed E-state index contributed by atoms with van der Waals surface area (Å²) in [5.74, 6) is 0. The van der Waals surface area contributed by atoms with Gasteiger partial charge in [0.25, 0.3) is 0 Å². The normalized spacial score (nSPS) is 11.3. The van der Waals surface area contributed by atoms with Crippen LogP contribution in [0.4, 0.5) is 0 Å². The zero-order chi connectivity index (χ0) is 17.5. The first-order valence-electron chi connectivity index (χ1n) is 8.41. The van der Waals surface area contributed by atoms with Crippen molar-refractivity contribution < 1.29 is 0 Å². The van der Waals surface area contributed by atoms with Gasteiger partial charge in [0.2, 0.25) is 0 Å². The molecule has 0 spiro atoms. The SMILES string of the molecule is C(C=CCc1ccccc1)=CCc1ccccc1.C=CC(C)=CC. The lowest BCUT2D eigenvalue weighted by atomic mass is 10.1. The summed E-state index contributed by atoms with van der Waals surface area (Å²) in [6, 6.07) is 21.0. The van der Waals surface area contributed by atoms with Gasteiger partial charge in [0, 0.05) is 0 Å². The molecule has 0 N–H and O–H groups in total. The Morgan fingerprint density at radius 2 is 1.21 bits per heavy atom. The fourth-order valence-electron chi connectivity index (χ4n) is 1.91. The molecule has 0 heteroatoms. The van der Waals surface area contributed by atoms with Crippen LogP contribution < -0.4 is 0 Å². The third kappa shape index (κ3) is 9.42. The van der Waals surface area contributed by atoms with Gasteiger partial charge in [0.05, 0.1) is 0 Å². The van der Waals surface area contributed by atoms with E-state index >= 15 is 0 Å². The molecule has 2 aromatic carbocycles. The molecule has 0 amide bonds. The highest BCUT2D eigenvalue weighted by atomic mass is 13.9. The van der Waals surface area contributed by atoms with Crippen molar-refractivity contribution in [3.05, 3.63) is 120 Å². The van der Waals surface area contributed by atoms with Gasteiger partial charge in [0.1, 0.15) is 0 Å². The maximum absolute atomic E-state index is 3.56. The summed E-state index contributed by atoms with van der Waals surface area (Å²) >= 11 is 0. The minimum absolute atomic E-state index is 0.997. The van der Waals surface area contributed by atoms with Crippen molar-refractivity contribution >= 4 is 0 Å². The Kier molecular flexibility index (Phi) is 10.4. The van der Waals surface area contributed by atoms with Crippen molar-refractivity contribution in [1.29, 1.82) is 0 Å². The van der Waals surface area contributed by atoms with Gasteiger partial charge >= 0.3 is 0 Å². The highest BCUT2D eigenvalue weighted by Crippen LogP contribution is 2.02. The van der Waals surface area contributed by atoms with E-state index in [1.807, 2.05) is 38.1 Å². The van der Waals surface area contributed by atoms with Crippen LogP contribution in [0.15, 0.2) is 109 Å². The molecule has 0 aromatic heterocycles. The first-order valence-corrected chi connectivity index (χ1v) is 8.41. The molecule has 124 valence electrons. The maximum Gasteiger partial charge on any atom is -0.00943 e. The second kappa shape index (κ2) is 12.9. The van der Waals surface area contributed by atoms with Crippen LogP contribution >= 0.6 is 0 Å². The molecule has 24 heavy (non-hydrogen) atoms. The van der Waals surface area contributed by atoms with Crippen molar-refractivity contribution in [2.45, 2.75) is 26.7 Å². The predicted molar refractivity (Wildman–Crippen MR) is 108 cm³/mol. The van der Waals surface area contributed by atoms with Crippen LogP contribution in [0.25, 0.3) is 0 Å². The average molecular weight is 316 g/mol. The van der Waals surface area contributed by atoms with E-state index in [0.29, 0.717) is 0 Å². The van der Waals surface area contributed by atoms with Crippen molar-refractivity contribution in [3.8, 4) is 0 Å². The molecular formula is C24H28. The van der Waals surface area contributed by atoms with E-state index in [4.69, 9.17) is 0 Å². The molecule has 0 saturated heterocycles. The standard InChI is InChI=1S/C18H18.C6H10/c1(5-11-17-13-7-3-8-14-17)2-6-12-18-15-9-4-10-16-18;1-4-6(3)5-2/h1-10,13-16H,11-12H2;4-5H,1H2,2-3H3. The summed E-state index contributed by atoms with van der Waals surface area (Å²) < 4.78 is 0. The van der Waals surface area contributed by atoms with Crippen molar-refractivity contribution in [1.82, 2.24) is 0 Å². The molecule has 2 aromatic rings. The number of rotatable bonds is 6. The fourth-order valence-corrected chi connectivity index (χ4v) is 1.91. The van der Waals surface area contributed by atoms with Gasteiger partial charge in [0.15, 0.2) is 0 Å². The summed E-state index contributed by atoms with van der Waals surface area (Å²) in [6.45, 7) is 7.58. The van der Waals surface area contributed by atoms with Crippen molar-refractivity contribution in [2.75, 3.05) is 0 Å². The monoisotopic (exact) mass is 316 g/mol. The van der Waals surface area contributed by atoms with Crippen LogP contribution in [0.1, 0.15) is 25.0 Å². The van der Waals surface area contributed by atoms with Crippen LogP contribution in [0.3, 0.4) is 0 Å². The summed E-state index contributed by atoms with van der Waals surface area (Å²) in [5, 5.41) is 0. The molecule has 0 nitrogen and oxygen atoms in total. The molecule has 0 aliphatic heterocycles. The Morgan fingerprint density at radius 3 is 1.50 bits per heavy atom. The Bertz CT molecular complexity index is 593. The molecular weight excluding hydrogens is 288 g/mol. The highest BCUT2D eigenvalue weighted by Gasteiger charge is 1.85. The van der Waals surface area contributed by atoms with Gasteiger partial charge in [-0.25, -0.2) is 0 Å². The van der Waals surface area contributed by atoms with Gasteiger partial charge in [-0.3, -0.25) is 0 Å². The molecule has 0 aliphatic carbocycles. The van der Waals surface area contributed by atoms with Gasteiger partial charge in [-0.2, -0.15) is 0 Å². The van der Waals surface area contributed by atoms with Crippen LogP contribution in [-0.4, -0.2) is 0 Å². The number of benzene rings is 2. The average Bonchev–Trinajstić information content (AvgIpc) is 2.66. The van der Waals surface area contributed by atoms with E-state index < -0.39 is 0 Å². The zero-order valence-electron chi connectivity index (χ0n) is 14.9. The third-order valence-corrected chi connectivity index (χ3v) is 3.55. The number of allylic oxidation sites excluding steroid dienone is 7. The number of hydrogen-bond donors (Lipinski definition) is 0. The summed E-state index contributed by atoms with van der Waals surface area (Å²) in [7, 11) is 0. The lowest BCUT2D eigenvalue weighted by molar-refractivity contribution is 1.26. The van der Waals surface area contributed by atoms with E-state index in [2.05, 4.69) is 79.4 Å². The molecule has 0 fully saturated rings. The molecule has 0 heterocycles. The lowest BCUT2D eigenvalue weighted by Gasteiger charge is -1.94. The Hall–Kier alpha value is -2.60. The summed E-state index contributed by atoms with van der Waals surface area (Å²) in [4.78, 5) is 0. The second-order valence-corrected chi connectivity index (χ2v) is 5.47. The van der Waals surface area contributed by atoms with E-state index in [0.717, 1.165) is 12.8 Å². The largest absolute Gasteiger partial charge is 0.0988 e. The first kappa shape index (κ1) is 19.4. The first-order chi connectivity index (χ1) is 11.8. The zero-order valence-corrected chi connectivity index (χ0v) is 14.9. The third-order valence-electron chi connectivity index (χ3n) is 3.55. The van der Waals surface area contributed by atoms with Crippen LogP contribution in [0.2, 0.25) is 0 Å². The molecule has 0 bridgehead atoms. The van der Waals surface area contributed by atoms with E-state index in [1.165, 1.54) is 16.7 Å². The topological polar surface area (TPSA) is 0 Å². The lowest BCUT2D eigenvalue weighted by Crippen LogP contribution is -1.78. The molecule has 2 rings (SSSR count). The second-order valence-electron chi connectivity index (χ2n) is 5.47. The Balaban J connectivity index is 0.000000413. The molecule has 0 radical (unpaired) electrons. The van der Waals surface area contributed by atoms with Crippen molar-refractivity contribution in [3.63, 3.8) is 0 Å². The molecule has 0 unspecified atom stereocenters. The van der Waals surface area contributed by atoms with Crippen molar-refractivity contribution in [2.24, 2.45) is 0 Å². The Morgan fingerprint density at radius 1 is 0.792 bits per heavy atom. The summed E-state index contributed by atoms with van der Waals surface area (Å²) in [6.07, 6.45) is 14.5. The van der Waals surface area contributed by atoms with E-state index in [-0.39, 0.29) is 0 Å². The van der Waals surface area contributed by atoms with Gasteiger partial charge < -0.3 is 0 Å². The highest BCUT2D eigenvalue weighted by molar-refractivity contribution is 5.21. The minimum Gasteiger partial charge on any atom is -0.0988 e. The van der Waals surface area contributed by atoms with E-state index in [1.54, 1.807) is 0 Å². The van der Waals surface area contributed by atoms with Gasteiger partial charge in [-0.1, -0.05) is 109 Å². The Labute approximate surface area is 147 Å². The minimum atomic E-state index is 0.997. The van der Waals surface area contributed by atoms with Crippen LogP contribution in [0, 0.1) is 0 Å². The molecule has 0 saturated carbocycles. The maximum atomic E-state index is 3.56. The predicted octanol–water partition coefficient (Wildman–Crippen LogP) is 6.72. The smallest absolute Gasteiger partial charge is 0.00943 e. The molecule has 0 atom stereocenters. The number of hydrogen-bond acceptors (Lipinski definition) is 0. The quantitative estimate of drug-likeness (QED) is 0.519. The van der Waals surface area contributed by atoms with Crippen LogP contribution in [-0.2, 0) is 12.8 Å².